The average molecular weight is 1820 g/mol. The minimum absolute atomic E-state index is 0. The van der Waals surface area contributed by atoms with Gasteiger partial charge < -0.3 is 58.8 Å². The number of methoxy groups -OCH3 is 10. The lowest BCUT2D eigenvalue weighted by Gasteiger charge is -2.11. The largest absolute Gasteiger partial charge is 0.496 e. The fourth-order valence-electron chi connectivity index (χ4n) is 11.6. The van der Waals surface area contributed by atoms with Crippen LogP contribution in [0, 0.1) is 30.3 Å². The molecule has 0 fully saturated rings. The summed E-state index contributed by atoms with van der Waals surface area (Å²) in [6, 6.07) is 66.3. The number of rotatable bonds is 19. The van der Waals surface area contributed by atoms with Crippen molar-refractivity contribution in [1.82, 2.24) is 49.3 Å². The first kappa shape index (κ1) is 105. The topological polar surface area (TPSA) is 459 Å². The summed E-state index contributed by atoms with van der Waals surface area (Å²) in [4.78, 5) is 82.4. The molecular formula is C91H104BrN15O21. The van der Waals surface area contributed by atoms with Gasteiger partial charge in [-0.3, -0.25) is 54.2 Å². The number of carbonyl (C=O) groups is 5. The van der Waals surface area contributed by atoms with E-state index in [2.05, 4.69) is 62.7 Å². The lowest BCUT2D eigenvalue weighted by molar-refractivity contribution is -0.445. The van der Waals surface area contributed by atoms with Gasteiger partial charge >= 0.3 is 29.8 Å². The number of halogens is 1. The van der Waals surface area contributed by atoms with Crippen LogP contribution in [-0.2, 0) is 55.2 Å². The lowest BCUT2D eigenvalue weighted by Crippen LogP contribution is -2.06. The zero-order valence-corrected chi connectivity index (χ0v) is 74.2. The summed E-state index contributed by atoms with van der Waals surface area (Å²) in [5, 5.41) is 57.3. The van der Waals surface area contributed by atoms with Crippen molar-refractivity contribution in [3.8, 4) is 28.7 Å². The molecule has 5 heterocycles. The van der Waals surface area contributed by atoms with Gasteiger partial charge in [-0.15, -0.1) is 0 Å². The second-order valence-electron chi connectivity index (χ2n) is 25.5. The van der Waals surface area contributed by atoms with Gasteiger partial charge in [0.1, 0.15) is 28.7 Å². The molecule has 5 N–H and O–H groups in total. The number of esters is 5. The van der Waals surface area contributed by atoms with Gasteiger partial charge in [-0.1, -0.05) is 145 Å². The van der Waals surface area contributed by atoms with Crippen molar-refractivity contribution in [1.29, 1.82) is 0 Å². The predicted molar refractivity (Wildman–Crippen MR) is 491 cm³/mol. The fourth-order valence-corrected chi connectivity index (χ4v) is 12.1. The zero-order chi connectivity index (χ0) is 93.5. The van der Waals surface area contributed by atoms with Gasteiger partial charge in [0.25, 0.3) is 0 Å². The SMILES string of the molecule is C.CN.CN.COC(=O)c1ccc(CBr)c(OC)c1.COC(=O)c1ccc(Cn2cc3ccccc3n2)c(OC)c1.COC(=O)c1ccc(Cn2cc3ccccc3n2)c(OC)c1.COC(=O)c1ccc(Cn2ncc3ccccc32)c(OC)c1.COC(=O)c1ccc(Cn2ncc3ccccc32)c(OC)c1.C[N+](=O)[O-].C[N+](=O)[O-].C[N+](=O)[O-].c1ccc2[nH]ncc2c1. The highest BCUT2D eigenvalue weighted by Crippen LogP contribution is 2.29. The van der Waals surface area contributed by atoms with E-state index in [1.165, 1.54) is 49.6 Å². The third kappa shape index (κ3) is 32.3. The number of benzene rings is 10. The molecule has 0 amide bonds. The van der Waals surface area contributed by atoms with Crippen LogP contribution in [0.1, 0.15) is 87.0 Å². The van der Waals surface area contributed by atoms with Crippen molar-refractivity contribution in [2.24, 2.45) is 11.5 Å². The number of nitro groups is 3. The van der Waals surface area contributed by atoms with E-state index in [1.54, 1.807) is 96.2 Å². The molecule has 0 atom stereocenters. The number of nitrogens with two attached hydrogens (primary N) is 2. The van der Waals surface area contributed by atoms with E-state index < -0.39 is 14.8 Å². The smallest absolute Gasteiger partial charge is 0.337 e. The Bertz CT molecular complexity index is 5640. The Morgan fingerprint density at radius 2 is 0.617 bits per heavy atom. The van der Waals surface area contributed by atoms with Gasteiger partial charge in [0.2, 0.25) is 0 Å². The number of carbonyl (C=O) groups excluding carboxylic acids is 5. The van der Waals surface area contributed by atoms with Crippen LogP contribution in [0.5, 0.6) is 28.7 Å². The monoisotopic (exact) mass is 1820 g/mol. The minimum atomic E-state index is -0.500. The number of nitrogens with zero attached hydrogens (tertiary/aromatic N) is 12. The van der Waals surface area contributed by atoms with Gasteiger partial charge in [-0.25, -0.2) is 24.0 Å². The highest BCUT2D eigenvalue weighted by Gasteiger charge is 2.18. The molecule has 36 nitrogen and oxygen atoms in total. The number of nitrogens with one attached hydrogen (secondary N) is 1. The van der Waals surface area contributed by atoms with Crippen LogP contribution >= 0.6 is 15.9 Å². The third-order valence-corrected chi connectivity index (χ3v) is 18.0. The molecule has 5 aromatic heterocycles. The van der Waals surface area contributed by atoms with Crippen LogP contribution in [0.2, 0.25) is 0 Å². The van der Waals surface area contributed by atoms with Gasteiger partial charge in [-0.05, 0) is 105 Å². The van der Waals surface area contributed by atoms with E-state index in [1.807, 2.05) is 201 Å². The number of fused-ring (bicyclic) bond motifs is 5. The molecule has 676 valence electrons. The van der Waals surface area contributed by atoms with Crippen LogP contribution in [0.25, 0.3) is 54.5 Å². The predicted octanol–water partition coefficient (Wildman–Crippen LogP) is 14.9. The molecular weight excluding hydrogens is 1720 g/mol. The molecule has 15 aromatic rings. The molecule has 0 saturated heterocycles. The summed E-state index contributed by atoms with van der Waals surface area (Å²) >= 11 is 3.33. The Balaban J connectivity index is 0.000000315. The van der Waals surface area contributed by atoms with Crippen molar-refractivity contribution < 1.29 is 86.1 Å². The maximum atomic E-state index is 11.6. The Kier molecular flexibility index (Phi) is 45.5. The standard InChI is InChI=1S/4C17H16N2O3.C10H11BrO3.C7H6N2.3CH3NO2.2CH5N.CH4/c2*1-21-16-9-12(17(20)22-2)7-8-14(16)11-19-10-13-5-3-4-6-15(13)18-19;2*1-21-16-9-12(17(20)22-2)7-8-14(16)11-19-15-6-4-3-5-13(15)10-18-19;1-13-9-5-7(10(12)14-2)3-4-8(9)6-11;1-2-4-7-6(3-1)5-8-9-7;3*1-2(3)4;2*1-2;/h4*3-10H,11H2,1-2H3;3-5H,6H2,1-2H3;1-5H,(H,8,9);3*1H3;2*2H2,1H3;1H4. The summed E-state index contributed by atoms with van der Waals surface area (Å²) in [5.41, 5.74) is 21.3. The molecule has 37 heteroatoms. The second-order valence-corrected chi connectivity index (χ2v) is 26.1. The summed E-state index contributed by atoms with van der Waals surface area (Å²) in [5.74, 6) is 1.37. The molecule has 128 heavy (non-hydrogen) atoms. The normalized spacial score (nSPS) is 9.77. The van der Waals surface area contributed by atoms with Crippen LogP contribution in [0.15, 0.2) is 243 Å². The molecule has 0 bridgehead atoms. The molecule has 0 radical (unpaired) electrons. The molecule has 10 aromatic carbocycles. The molecule has 0 aliphatic rings. The number of alkyl halides is 1. The van der Waals surface area contributed by atoms with E-state index in [9.17, 15) is 24.0 Å². The van der Waals surface area contributed by atoms with E-state index in [0.29, 0.717) is 88.1 Å². The zero-order valence-electron chi connectivity index (χ0n) is 72.6. The van der Waals surface area contributed by atoms with Crippen molar-refractivity contribution in [2.45, 2.75) is 38.9 Å². The maximum Gasteiger partial charge on any atom is 0.337 e. The van der Waals surface area contributed by atoms with Crippen LogP contribution in [-0.4, -0.2) is 200 Å². The van der Waals surface area contributed by atoms with E-state index in [0.717, 1.165) is 103 Å². The quantitative estimate of drug-likeness (QED) is 0.0222. The van der Waals surface area contributed by atoms with Crippen LogP contribution < -0.4 is 35.2 Å². The van der Waals surface area contributed by atoms with Gasteiger partial charge in [0, 0.05) is 87.2 Å². The number of para-hydroxylation sites is 3. The Labute approximate surface area is 746 Å². The van der Waals surface area contributed by atoms with Crippen LogP contribution in [0.3, 0.4) is 0 Å². The van der Waals surface area contributed by atoms with E-state index >= 15 is 0 Å². The number of aromatic nitrogens is 10. The summed E-state index contributed by atoms with van der Waals surface area (Å²) < 4.78 is 57.7. The Hall–Kier alpha value is -15.5. The van der Waals surface area contributed by atoms with Gasteiger partial charge in [0.05, 0.1) is 171 Å². The number of ether oxygens (including phenoxy) is 10. The third-order valence-electron chi connectivity index (χ3n) is 17.4. The number of H-pyrrole nitrogens is 1. The van der Waals surface area contributed by atoms with Crippen LogP contribution in [0.4, 0.5) is 0 Å². The Morgan fingerprint density at radius 1 is 0.359 bits per heavy atom. The number of hydrogen-bond donors (Lipinski definition) is 3. The first-order valence-corrected chi connectivity index (χ1v) is 39.1. The first-order chi connectivity index (χ1) is 61.2. The molecule has 0 saturated carbocycles. The number of hydrogen-bond acceptors (Lipinski definition) is 28. The van der Waals surface area contributed by atoms with Crippen molar-refractivity contribution >= 4 is 100 Å². The van der Waals surface area contributed by atoms with Crippen molar-refractivity contribution in [2.75, 3.05) is 106 Å². The molecule has 0 aliphatic heterocycles. The molecule has 15 rings (SSSR count). The first-order valence-electron chi connectivity index (χ1n) is 38.0. The van der Waals surface area contributed by atoms with E-state index in [4.69, 9.17) is 73.0 Å². The lowest BCUT2D eigenvalue weighted by atomic mass is 10.1. The highest BCUT2D eigenvalue weighted by molar-refractivity contribution is 9.08. The average Bonchev–Trinajstić information content (AvgIpc) is 1.65. The van der Waals surface area contributed by atoms with Gasteiger partial charge in [0.15, 0.2) is 21.1 Å². The Morgan fingerprint density at radius 3 is 0.898 bits per heavy atom. The maximum absolute atomic E-state index is 11.6. The van der Waals surface area contributed by atoms with E-state index in [-0.39, 0.29) is 37.3 Å². The number of aromatic amines is 1. The summed E-state index contributed by atoms with van der Waals surface area (Å²) in [7, 11) is 20.4. The van der Waals surface area contributed by atoms with Gasteiger partial charge in [-0.2, -0.15) is 25.5 Å². The molecule has 0 aliphatic carbocycles. The summed E-state index contributed by atoms with van der Waals surface area (Å²) in [6.45, 7) is 2.27. The minimum Gasteiger partial charge on any atom is -0.496 e. The summed E-state index contributed by atoms with van der Waals surface area (Å²) in [6.07, 6.45) is 9.47. The molecule has 0 spiro atoms. The van der Waals surface area contributed by atoms with Crippen molar-refractivity contribution in [3.63, 3.8) is 0 Å². The fraction of sp³-hybridized carbons (Fsp3) is 0.231. The molecule has 0 unspecified atom stereocenters. The highest BCUT2D eigenvalue weighted by atomic mass is 79.9. The van der Waals surface area contributed by atoms with Crippen molar-refractivity contribution in [3.05, 3.63) is 329 Å². The second kappa shape index (κ2) is 55.6.